The molecule has 3 aromatic carbocycles. The van der Waals surface area contributed by atoms with Gasteiger partial charge in [-0.1, -0.05) is 85.0 Å². The highest BCUT2D eigenvalue weighted by molar-refractivity contribution is 5.77. The highest BCUT2D eigenvalue weighted by atomic mass is 14.3. The standard InChI is InChI=1S/C28H26/c1-2-3-9-21(26-17-16-20-10-4-6-13-24(20)26)18-22-12-8-15-27-25-14-7-5-11-23(25)19-28(22)27/h2,4-8,10-17,21,26H,1,3,9,18-19H2. The normalized spacial score (nSPS) is 17.1. The number of hydrogen-bond acceptors (Lipinski definition) is 0. The van der Waals surface area contributed by atoms with E-state index in [0.717, 1.165) is 19.3 Å². The molecule has 0 radical (unpaired) electrons. The van der Waals surface area contributed by atoms with E-state index in [-0.39, 0.29) is 0 Å². The average molecular weight is 363 g/mol. The topological polar surface area (TPSA) is 0 Å². The SMILES string of the molecule is C=CCCC(Cc1cccc2c1Cc1ccccc1-2)C1C=Cc2ccccc21. The fraction of sp³-hybridized carbons (Fsp3) is 0.214. The van der Waals surface area contributed by atoms with Gasteiger partial charge in [-0.05, 0) is 70.5 Å². The van der Waals surface area contributed by atoms with Crippen LogP contribution in [0, 0.1) is 5.92 Å². The summed E-state index contributed by atoms with van der Waals surface area (Å²) in [7, 11) is 0. The molecule has 0 nitrogen and oxygen atoms in total. The molecule has 2 aliphatic carbocycles. The number of allylic oxidation sites excluding steroid dienone is 2. The van der Waals surface area contributed by atoms with Crippen molar-refractivity contribution in [1.82, 2.24) is 0 Å². The molecule has 0 N–H and O–H groups in total. The van der Waals surface area contributed by atoms with Crippen LogP contribution in [0.1, 0.15) is 46.6 Å². The van der Waals surface area contributed by atoms with Gasteiger partial charge in [0.1, 0.15) is 0 Å². The Bertz CT molecular complexity index is 1050. The van der Waals surface area contributed by atoms with Crippen LogP contribution in [0.5, 0.6) is 0 Å². The summed E-state index contributed by atoms with van der Waals surface area (Å²) >= 11 is 0. The predicted molar refractivity (Wildman–Crippen MR) is 120 cm³/mol. The molecule has 2 unspecified atom stereocenters. The van der Waals surface area contributed by atoms with Crippen LogP contribution in [0.2, 0.25) is 0 Å². The van der Waals surface area contributed by atoms with E-state index in [1.54, 1.807) is 5.56 Å². The molecule has 5 rings (SSSR count). The van der Waals surface area contributed by atoms with E-state index < -0.39 is 0 Å². The van der Waals surface area contributed by atoms with E-state index in [1.807, 2.05) is 0 Å². The first-order valence-electron chi connectivity index (χ1n) is 10.4. The predicted octanol–water partition coefficient (Wildman–Crippen LogP) is 7.19. The summed E-state index contributed by atoms with van der Waals surface area (Å²) in [4.78, 5) is 0. The van der Waals surface area contributed by atoms with Crippen molar-refractivity contribution in [2.75, 3.05) is 0 Å². The van der Waals surface area contributed by atoms with Crippen LogP contribution >= 0.6 is 0 Å². The van der Waals surface area contributed by atoms with Crippen molar-refractivity contribution in [3.05, 3.63) is 113 Å². The van der Waals surface area contributed by atoms with Crippen molar-refractivity contribution in [2.45, 2.75) is 31.6 Å². The van der Waals surface area contributed by atoms with Gasteiger partial charge in [0, 0.05) is 5.92 Å². The van der Waals surface area contributed by atoms with Crippen molar-refractivity contribution in [1.29, 1.82) is 0 Å². The van der Waals surface area contributed by atoms with Gasteiger partial charge < -0.3 is 0 Å². The molecule has 0 aromatic heterocycles. The van der Waals surface area contributed by atoms with E-state index in [4.69, 9.17) is 0 Å². The Hall–Kier alpha value is -2.86. The molecule has 0 bridgehead atoms. The van der Waals surface area contributed by atoms with Gasteiger partial charge in [0.15, 0.2) is 0 Å². The van der Waals surface area contributed by atoms with E-state index in [9.17, 15) is 0 Å². The number of hydrogen-bond donors (Lipinski definition) is 0. The molecule has 138 valence electrons. The number of benzene rings is 3. The maximum absolute atomic E-state index is 3.98. The molecule has 0 saturated heterocycles. The minimum Gasteiger partial charge on any atom is -0.103 e. The van der Waals surface area contributed by atoms with Crippen LogP contribution in [0.25, 0.3) is 17.2 Å². The van der Waals surface area contributed by atoms with Crippen LogP contribution in [-0.2, 0) is 12.8 Å². The fourth-order valence-electron chi connectivity index (χ4n) is 5.13. The van der Waals surface area contributed by atoms with Gasteiger partial charge in [-0.3, -0.25) is 0 Å². The molecular weight excluding hydrogens is 336 g/mol. The zero-order chi connectivity index (χ0) is 18.9. The third-order valence-corrected chi connectivity index (χ3v) is 6.52. The van der Waals surface area contributed by atoms with Crippen LogP contribution in [0.15, 0.2) is 85.5 Å². The molecule has 0 saturated carbocycles. The van der Waals surface area contributed by atoms with Crippen molar-refractivity contribution in [3.63, 3.8) is 0 Å². The van der Waals surface area contributed by atoms with Crippen molar-refractivity contribution < 1.29 is 0 Å². The summed E-state index contributed by atoms with van der Waals surface area (Å²) < 4.78 is 0. The first-order valence-corrected chi connectivity index (χ1v) is 10.4. The molecule has 0 fully saturated rings. The van der Waals surface area contributed by atoms with Gasteiger partial charge in [0.05, 0.1) is 0 Å². The van der Waals surface area contributed by atoms with Crippen molar-refractivity contribution >= 4 is 6.08 Å². The lowest BCUT2D eigenvalue weighted by Crippen LogP contribution is -2.14. The van der Waals surface area contributed by atoms with Crippen LogP contribution in [0.3, 0.4) is 0 Å². The second-order valence-electron chi connectivity index (χ2n) is 8.12. The van der Waals surface area contributed by atoms with Gasteiger partial charge >= 0.3 is 0 Å². The quantitative estimate of drug-likeness (QED) is 0.318. The highest BCUT2D eigenvalue weighted by Gasteiger charge is 2.28. The second-order valence-corrected chi connectivity index (χ2v) is 8.12. The minimum atomic E-state index is 0.510. The van der Waals surface area contributed by atoms with Crippen LogP contribution < -0.4 is 0 Å². The van der Waals surface area contributed by atoms with Gasteiger partial charge in [-0.2, -0.15) is 0 Å². The van der Waals surface area contributed by atoms with Crippen LogP contribution in [0.4, 0.5) is 0 Å². The maximum Gasteiger partial charge on any atom is 0.00588 e. The number of rotatable bonds is 6. The van der Waals surface area contributed by atoms with Crippen LogP contribution in [-0.4, -0.2) is 0 Å². The monoisotopic (exact) mass is 362 g/mol. The van der Waals surface area contributed by atoms with Crippen molar-refractivity contribution in [2.24, 2.45) is 5.92 Å². The Morgan fingerprint density at radius 1 is 0.929 bits per heavy atom. The molecule has 2 atom stereocenters. The first kappa shape index (κ1) is 17.3. The lowest BCUT2D eigenvalue weighted by Gasteiger charge is -2.25. The van der Waals surface area contributed by atoms with E-state index in [1.165, 1.54) is 39.8 Å². The zero-order valence-electron chi connectivity index (χ0n) is 16.3. The van der Waals surface area contributed by atoms with E-state index >= 15 is 0 Å². The molecule has 0 heteroatoms. The summed E-state index contributed by atoms with van der Waals surface area (Å²) in [5.74, 6) is 1.11. The Morgan fingerprint density at radius 3 is 2.68 bits per heavy atom. The molecule has 3 aromatic rings. The second kappa shape index (κ2) is 7.28. The lowest BCUT2D eigenvalue weighted by molar-refractivity contribution is 0.445. The molecule has 0 spiro atoms. The smallest absolute Gasteiger partial charge is 0.00588 e. The largest absolute Gasteiger partial charge is 0.103 e. The molecule has 0 heterocycles. The van der Waals surface area contributed by atoms with Gasteiger partial charge in [0.2, 0.25) is 0 Å². The average Bonchev–Trinajstić information content (AvgIpc) is 3.33. The summed E-state index contributed by atoms with van der Waals surface area (Å²) in [5.41, 5.74) is 10.3. The Labute approximate surface area is 168 Å². The van der Waals surface area contributed by atoms with Gasteiger partial charge in [-0.15, -0.1) is 6.58 Å². The third-order valence-electron chi connectivity index (χ3n) is 6.52. The summed E-state index contributed by atoms with van der Waals surface area (Å²) in [6.07, 6.45) is 11.3. The van der Waals surface area contributed by atoms with Gasteiger partial charge in [0.25, 0.3) is 0 Å². The summed E-state index contributed by atoms with van der Waals surface area (Å²) in [6.45, 7) is 3.98. The lowest BCUT2D eigenvalue weighted by atomic mass is 9.79. The summed E-state index contributed by atoms with van der Waals surface area (Å²) in [6, 6.07) is 24.7. The molecule has 2 aliphatic rings. The molecular formula is C28H26. The Morgan fingerprint density at radius 2 is 1.75 bits per heavy atom. The molecule has 0 amide bonds. The Balaban J connectivity index is 1.49. The minimum absolute atomic E-state index is 0.510. The number of fused-ring (bicyclic) bond motifs is 4. The van der Waals surface area contributed by atoms with E-state index in [0.29, 0.717) is 11.8 Å². The third kappa shape index (κ3) is 2.94. The molecule has 28 heavy (non-hydrogen) atoms. The van der Waals surface area contributed by atoms with Crippen molar-refractivity contribution in [3.8, 4) is 11.1 Å². The zero-order valence-corrected chi connectivity index (χ0v) is 16.3. The van der Waals surface area contributed by atoms with Gasteiger partial charge in [-0.25, -0.2) is 0 Å². The maximum atomic E-state index is 3.98. The Kier molecular flexibility index (Phi) is 4.49. The highest BCUT2D eigenvalue weighted by Crippen LogP contribution is 2.42. The first-order chi connectivity index (χ1) is 13.8. The fourth-order valence-corrected chi connectivity index (χ4v) is 5.13. The summed E-state index contributed by atoms with van der Waals surface area (Å²) in [5, 5.41) is 0. The van der Waals surface area contributed by atoms with E-state index in [2.05, 4.69) is 91.5 Å². The molecule has 0 aliphatic heterocycles.